The summed E-state index contributed by atoms with van der Waals surface area (Å²) in [5.41, 5.74) is 8.35. The van der Waals surface area contributed by atoms with Gasteiger partial charge < -0.3 is 35.6 Å². The van der Waals surface area contributed by atoms with Crippen molar-refractivity contribution in [2.24, 2.45) is 5.92 Å². The lowest BCUT2D eigenvalue weighted by atomic mass is 9.95. The van der Waals surface area contributed by atoms with E-state index in [0.29, 0.717) is 32.4 Å². The first kappa shape index (κ1) is 35.7. The maximum absolute atomic E-state index is 14.1. The van der Waals surface area contributed by atoms with Crippen molar-refractivity contribution in [3.05, 3.63) is 132 Å². The first-order valence-corrected chi connectivity index (χ1v) is 18.9. The molecule has 11 heteroatoms. The number of H-pyrrole nitrogens is 2. The second-order valence-corrected chi connectivity index (χ2v) is 14.5. The van der Waals surface area contributed by atoms with Crippen molar-refractivity contribution in [3.63, 3.8) is 0 Å². The maximum atomic E-state index is 14.1. The fourth-order valence-corrected chi connectivity index (χ4v) is 8.21. The number of hydrogen-bond acceptors (Lipinski definition) is 5. The van der Waals surface area contributed by atoms with Crippen molar-refractivity contribution in [2.45, 2.75) is 50.7 Å². The summed E-state index contributed by atoms with van der Waals surface area (Å²) < 4.78 is 5.89. The topological polar surface area (TPSA) is 148 Å². The van der Waals surface area contributed by atoms with Gasteiger partial charge in [0, 0.05) is 78.9 Å². The quantitative estimate of drug-likeness (QED) is 0.101. The number of aromatic nitrogens is 2. The molecule has 0 spiro atoms. The van der Waals surface area contributed by atoms with Crippen LogP contribution in [0.4, 0.5) is 4.79 Å². The molecule has 0 saturated carbocycles. The average molecular weight is 737 g/mol. The van der Waals surface area contributed by atoms with Gasteiger partial charge in [0.2, 0.25) is 17.7 Å². The molecule has 280 valence electrons. The van der Waals surface area contributed by atoms with Gasteiger partial charge >= 0.3 is 6.09 Å². The molecule has 0 radical (unpaired) electrons. The van der Waals surface area contributed by atoms with Crippen LogP contribution in [0.1, 0.15) is 47.9 Å². The Balaban J connectivity index is 0.923. The second-order valence-electron chi connectivity index (χ2n) is 14.5. The number of aromatic amines is 2. The van der Waals surface area contributed by atoms with Gasteiger partial charge in [-0.3, -0.25) is 14.4 Å². The zero-order chi connectivity index (χ0) is 37.9. The molecule has 2 aliphatic rings. The first-order valence-electron chi connectivity index (χ1n) is 18.9. The van der Waals surface area contributed by atoms with E-state index in [-0.39, 0.29) is 30.8 Å². The Morgan fingerprint density at radius 1 is 0.709 bits per heavy atom. The highest BCUT2D eigenvalue weighted by Gasteiger charge is 2.34. The van der Waals surface area contributed by atoms with Crippen molar-refractivity contribution in [1.82, 2.24) is 30.8 Å². The molecule has 6 aromatic rings. The molecule has 0 unspecified atom stereocenters. The Bertz CT molecular complexity index is 2330. The minimum atomic E-state index is -0.925. The number of carbonyl (C=O) groups is 4. The summed E-state index contributed by atoms with van der Waals surface area (Å²) in [6.45, 7) is 2.37. The normalized spacial score (nSPS) is 15.3. The molecule has 1 saturated heterocycles. The van der Waals surface area contributed by atoms with Crippen LogP contribution in [-0.2, 0) is 32.0 Å². The summed E-state index contributed by atoms with van der Waals surface area (Å²) in [5.74, 6) is -1.38. The standard InChI is InChI=1S/C44H44N6O5/c1-27(51)47-41(23-30-25-46-39-17-9-7-11-32(30)39)49-43(53)40(22-29-24-45-38-16-8-6-10-31(29)38)48-42(52)28-18-20-50(21-19-28)44(54)55-26-37-35-14-4-2-12-33(35)34-13-3-5-15-36(34)37/h2-17,24-25,28,37,40-41,45-46H,18-23,26H2,1H3,(H,47,51)(H,48,52)(H,49,53)/t40-,41-/m1/s1. The lowest BCUT2D eigenvalue weighted by Gasteiger charge is -2.32. The summed E-state index contributed by atoms with van der Waals surface area (Å²) in [5, 5.41) is 10.9. The van der Waals surface area contributed by atoms with Crippen molar-refractivity contribution >= 4 is 45.6 Å². The van der Waals surface area contributed by atoms with Crippen LogP contribution in [0.5, 0.6) is 0 Å². The SMILES string of the molecule is CC(=O)N[C@@H](Cc1c[nH]c2ccccc12)NC(=O)[C@@H](Cc1c[nH]c2ccccc12)NC(=O)C1CCN(C(=O)OCC2c3ccccc3-c3ccccc32)CC1. The predicted octanol–water partition coefficient (Wildman–Crippen LogP) is 6.16. The van der Waals surface area contributed by atoms with E-state index in [2.05, 4.69) is 50.2 Å². The summed E-state index contributed by atoms with van der Waals surface area (Å²) in [6.07, 6.45) is 4.09. The van der Waals surface area contributed by atoms with Crippen molar-refractivity contribution in [2.75, 3.05) is 19.7 Å². The van der Waals surface area contributed by atoms with Crippen molar-refractivity contribution in [3.8, 4) is 11.1 Å². The van der Waals surface area contributed by atoms with E-state index in [1.54, 1.807) is 4.90 Å². The van der Waals surface area contributed by atoms with E-state index in [0.717, 1.165) is 44.1 Å². The number of nitrogens with zero attached hydrogens (tertiary/aromatic N) is 1. The molecule has 1 aliphatic heterocycles. The molecule has 2 aromatic heterocycles. The molecular formula is C44H44N6O5. The fourth-order valence-electron chi connectivity index (χ4n) is 8.21. The predicted molar refractivity (Wildman–Crippen MR) is 211 cm³/mol. The maximum Gasteiger partial charge on any atom is 0.409 e. The van der Waals surface area contributed by atoms with Crippen LogP contribution in [0, 0.1) is 5.92 Å². The van der Waals surface area contributed by atoms with Crippen LogP contribution in [0.25, 0.3) is 32.9 Å². The molecule has 3 heterocycles. The third-order valence-electron chi connectivity index (χ3n) is 11.0. The van der Waals surface area contributed by atoms with Gasteiger partial charge in [-0.1, -0.05) is 84.9 Å². The van der Waals surface area contributed by atoms with Crippen molar-refractivity contribution < 1.29 is 23.9 Å². The van der Waals surface area contributed by atoms with Gasteiger partial charge in [0.15, 0.2) is 0 Å². The van der Waals surface area contributed by atoms with E-state index in [1.807, 2.05) is 85.2 Å². The van der Waals surface area contributed by atoms with Gasteiger partial charge in [0.05, 0.1) is 0 Å². The van der Waals surface area contributed by atoms with Crippen LogP contribution >= 0.6 is 0 Å². The molecule has 8 rings (SSSR count). The number of likely N-dealkylation sites (tertiary alicyclic amines) is 1. The van der Waals surface area contributed by atoms with Crippen molar-refractivity contribution in [1.29, 1.82) is 0 Å². The van der Waals surface area contributed by atoms with Gasteiger partial charge in [-0.05, 0) is 58.4 Å². The van der Waals surface area contributed by atoms with Gasteiger partial charge in [0.25, 0.3) is 0 Å². The number of rotatable bonds is 11. The average Bonchev–Trinajstić information content (AvgIpc) is 3.90. The highest BCUT2D eigenvalue weighted by atomic mass is 16.6. The molecule has 4 aromatic carbocycles. The Kier molecular flexibility index (Phi) is 10.1. The smallest absolute Gasteiger partial charge is 0.409 e. The largest absolute Gasteiger partial charge is 0.448 e. The molecule has 11 nitrogen and oxygen atoms in total. The number of benzene rings is 4. The van der Waals surface area contributed by atoms with E-state index >= 15 is 0 Å². The van der Waals surface area contributed by atoms with E-state index in [4.69, 9.17) is 4.74 Å². The molecular weight excluding hydrogens is 693 g/mol. The van der Waals surface area contributed by atoms with Gasteiger partial charge in [0.1, 0.15) is 18.8 Å². The van der Waals surface area contributed by atoms with E-state index < -0.39 is 30.1 Å². The van der Waals surface area contributed by atoms with Gasteiger partial charge in [-0.2, -0.15) is 0 Å². The third-order valence-corrected chi connectivity index (χ3v) is 11.0. The van der Waals surface area contributed by atoms with Gasteiger partial charge in [-0.25, -0.2) is 4.79 Å². The van der Waals surface area contributed by atoms with Crippen LogP contribution < -0.4 is 16.0 Å². The zero-order valence-corrected chi connectivity index (χ0v) is 30.6. The Morgan fingerprint density at radius 3 is 1.85 bits per heavy atom. The summed E-state index contributed by atoms with van der Waals surface area (Å²) in [7, 11) is 0. The summed E-state index contributed by atoms with van der Waals surface area (Å²) in [6, 6.07) is 31.2. The number of ether oxygens (including phenoxy) is 1. The third kappa shape index (κ3) is 7.55. The minimum absolute atomic E-state index is 0.0347. The second kappa shape index (κ2) is 15.5. The van der Waals surface area contributed by atoms with Crippen LogP contribution in [0.2, 0.25) is 0 Å². The highest BCUT2D eigenvalue weighted by molar-refractivity contribution is 5.91. The zero-order valence-electron chi connectivity index (χ0n) is 30.6. The lowest BCUT2D eigenvalue weighted by Crippen LogP contribution is -2.56. The summed E-state index contributed by atoms with van der Waals surface area (Å²) in [4.78, 5) is 61.7. The Labute approximate surface area is 318 Å². The van der Waals surface area contributed by atoms with Crippen LogP contribution in [0.15, 0.2) is 109 Å². The molecule has 0 bridgehead atoms. The monoisotopic (exact) mass is 736 g/mol. The molecule has 2 atom stereocenters. The molecule has 1 aliphatic carbocycles. The highest BCUT2D eigenvalue weighted by Crippen LogP contribution is 2.44. The van der Waals surface area contributed by atoms with Crippen LogP contribution in [-0.4, -0.2) is 70.6 Å². The Morgan fingerprint density at radius 2 is 1.25 bits per heavy atom. The molecule has 5 N–H and O–H groups in total. The van der Waals surface area contributed by atoms with E-state index in [1.165, 1.54) is 18.1 Å². The molecule has 55 heavy (non-hydrogen) atoms. The van der Waals surface area contributed by atoms with E-state index in [9.17, 15) is 19.2 Å². The number of hydrogen-bond donors (Lipinski definition) is 5. The summed E-state index contributed by atoms with van der Waals surface area (Å²) >= 11 is 0. The van der Waals surface area contributed by atoms with Gasteiger partial charge in [-0.15, -0.1) is 0 Å². The van der Waals surface area contributed by atoms with Crippen LogP contribution in [0.3, 0.4) is 0 Å². The fraction of sp³-hybridized carbons (Fsp3) is 0.273. The number of carbonyl (C=O) groups excluding carboxylic acids is 4. The number of amides is 4. The minimum Gasteiger partial charge on any atom is -0.448 e. The Hall–Kier alpha value is -6.36. The number of fused-ring (bicyclic) bond motifs is 5. The first-order chi connectivity index (χ1) is 26.8. The molecule has 4 amide bonds. The molecule has 1 fully saturated rings. The number of nitrogens with one attached hydrogen (secondary N) is 5. The number of para-hydroxylation sites is 2. The number of piperidine rings is 1. The lowest BCUT2D eigenvalue weighted by molar-refractivity contribution is -0.132.